The molecule has 0 saturated carbocycles. The van der Waals surface area contributed by atoms with Gasteiger partial charge < -0.3 is 28.6 Å². The minimum Gasteiger partial charge on any atom is -0.492 e. The Labute approximate surface area is 221 Å². The van der Waals surface area contributed by atoms with Crippen molar-refractivity contribution in [1.82, 2.24) is 4.90 Å². The maximum atomic E-state index is 14.7. The van der Waals surface area contributed by atoms with Crippen LogP contribution < -0.4 is 14.2 Å². The highest BCUT2D eigenvalue weighted by atomic mass is 19.4. The topological polar surface area (TPSA) is 49.4 Å². The van der Waals surface area contributed by atoms with Crippen LogP contribution in [0.15, 0.2) is 72.8 Å². The lowest BCUT2D eigenvalue weighted by molar-refractivity contribution is -0.0685. The van der Waals surface area contributed by atoms with Gasteiger partial charge in [0.25, 0.3) is 0 Å². The van der Waals surface area contributed by atoms with Crippen molar-refractivity contribution in [3.63, 3.8) is 0 Å². The van der Waals surface area contributed by atoms with E-state index in [0.29, 0.717) is 41.5 Å². The lowest BCUT2D eigenvalue weighted by Gasteiger charge is -2.20. The van der Waals surface area contributed by atoms with Crippen molar-refractivity contribution in [2.75, 3.05) is 55.1 Å². The molecule has 0 unspecified atom stereocenters. The number of likely N-dealkylation sites (N-methyl/N-ethyl adjacent to an activating group) is 1. The molecular weight excluding hydrogens is 499 g/mol. The smallest absolute Gasteiger partial charge is 0.417 e. The maximum Gasteiger partial charge on any atom is 0.417 e. The Kier molecular flexibility index (Phi) is 10.6. The third-order valence-corrected chi connectivity index (χ3v) is 5.46. The molecule has 3 rings (SSSR count). The van der Waals surface area contributed by atoms with E-state index in [1.165, 1.54) is 38.5 Å². The zero-order valence-corrected chi connectivity index (χ0v) is 21.9. The maximum absolute atomic E-state index is 14.7. The number of nitrogens with zero attached hydrogens (tertiary/aromatic N) is 1. The van der Waals surface area contributed by atoms with Crippen LogP contribution >= 0.6 is 0 Å². The molecule has 0 aliphatic carbocycles. The standard InChI is InChI=1S/C29H32F3NO5/c1-33(2)17-18-36-24-11-5-21(6-12-24)27(22-7-13-25(14-8-22)37-19-34-3)28(29(30,31)32)23-9-15-26(16-10-23)38-20-35-4/h5-16H,17-20H2,1-4H3/b28-27+. The predicted octanol–water partition coefficient (Wildman–Crippen LogP) is 6.11. The zero-order valence-electron chi connectivity index (χ0n) is 21.9. The first-order chi connectivity index (χ1) is 18.2. The summed E-state index contributed by atoms with van der Waals surface area (Å²) < 4.78 is 70.4. The SMILES string of the molecule is COCOc1ccc(/C(=C(\c2ccc(OCOC)cc2)C(F)(F)F)c2ccc(OCCN(C)C)cc2)cc1. The second-order valence-electron chi connectivity index (χ2n) is 8.57. The summed E-state index contributed by atoms with van der Waals surface area (Å²) in [6.07, 6.45) is -4.66. The van der Waals surface area contributed by atoms with Gasteiger partial charge in [-0.05, 0) is 67.2 Å². The minimum atomic E-state index is -4.66. The molecule has 0 aromatic heterocycles. The second kappa shape index (κ2) is 13.9. The summed E-state index contributed by atoms with van der Waals surface area (Å²) in [6, 6.07) is 18.8. The Morgan fingerprint density at radius 3 is 1.39 bits per heavy atom. The summed E-state index contributed by atoms with van der Waals surface area (Å²) >= 11 is 0. The molecule has 3 aromatic carbocycles. The van der Waals surface area contributed by atoms with E-state index in [-0.39, 0.29) is 24.7 Å². The summed E-state index contributed by atoms with van der Waals surface area (Å²) in [5.41, 5.74) is 0.0257. The van der Waals surface area contributed by atoms with Gasteiger partial charge in [-0.15, -0.1) is 0 Å². The Morgan fingerprint density at radius 1 is 0.632 bits per heavy atom. The number of halogens is 3. The molecule has 0 heterocycles. The molecule has 0 spiro atoms. The van der Waals surface area contributed by atoms with Gasteiger partial charge in [-0.25, -0.2) is 0 Å². The molecule has 0 amide bonds. The van der Waals surface area contributed by atoms with Crippen molar-refractivity contribution in [3.05, 3.63) is 89.5 Å². The van der Waals surface area contributed by atoms with Gasteiger partial charge in [0.1, 0.15) is 23.9 Å². The van der Waals surface area contributed by atoms with Crippen LogP contribution in [0.2, 0.25) is 0 Å². The van der Waals surface area contributed by atoms with Crippen molar-refractivity contribution in [2.24, 2.45) is 0 Å². The van der Waals surface area contributed by atoms with E-state index in [1.54, 1.807) is 48.5 Å². The molecule has 9 heteroatoms. The number of ether oxygens (including phenoxy) is 5. The van der Waals surface area contributed by atoms with Crippen molar-refractivity contribution >= 4 is 11.1 Å². The molecule has 204 valence electrons. The van der Waals surface area contributed by atoms with Gasteiger partial charge in [-0.2, -0.15) is 13.2 Å². The van der Waals surface area contributed by atoms with E-state index in [0.717, 1.165) is 0 Å². The van der Waals surface area contributed by atoms with Crippen LogP contribution in [0.3, 0.4) is 0 Å². The fraction of sp³-hybridized carbons (Fsp3) is 0.310. The van der Waals surface area contributed by atoms with Crippen LogP contribution in [0.4, 0.5) is 13.2 Å². The summed E-state index contributed by atoms with van der Waals surface area (Å²) in [5, 5.41) is 0. The molecule has 0 aliphatic rings. The second-order valence-corrected chi connectivity index (χ2v) is 8.57. The summed E-state index contributed by atoms with van der Waals surface area (Å²) in [6.45, 7) is 1.20. The van der Waals surface area contributed by atoms with Gasteiger partial charge in [-0.3, -0.25) is 0 Å². The molecule has 0 saturated heterocycles. The van der Waals surface area contributed by atoms with Gasteiger partial charge in [0, 0.05) is 26.3 Å². The Morgan fingerprint density at radius 2 is 1.03 bits per heavy atom. The Hall–Kier alpha value is -3.53. The molecule has 0 bridgehead atoms. The first-order valence-electron chi connectivity index (χ1n) is 11.9. The molecule has 0 atom stereocenters. The largest absolute Gasteiger partial charge is 0.492 e. The highest BCUT2D eigenvalue weighted by Gasteiger charge is 2.38. The summed E-state index contributed by atoms with van der Waals surface area (Å²) in [4.78, 5) is 1.98. The van der Waals surface area contributed by atoms with E-state index in [9.17, 15) is 13.2 Å². The van der Waals surface area contributed by atoms with Gasteiger partial charge >= 0.3 is 6.18 Å². The van der Waals surface area contributed by atoms with Crippen molar-refractivity contribution in [2.45, 2.75) is 6.18 Å². The number of alkyl halides is 3. The Balaban J connectivity index is 2.10. The van der Waals surface area contributed by atoms with Crippen LogP contribution in [0, 0.1) is 0 Å². The first-order valence-corrected chi connectivity index (χ1v) is 11.9. The average Bonchev–Trinajstić information content (AvgIpc) is 2.90. The van der Waals surface area contributed by atoms with Crippen molar-refractivity contribution < 1.29 is 36.9 Å². The van der Waals surface area contributed by atoms with E-state index < -0.39 is 11.7 Å². The average molecular weight is 532 g/mol. The quantitative estimate of drug-likeness (QED) is 0.196. The molecule has 0 aliphatic heterocycles. The number of rotatable bonds is 13. The third kappa shape index (κ3) is 8.24. The number of benzene rings is 3. The number of methoxy groups -OCH3 is 2. The van der Waals surface area contributed by atoms with Crippen LogP contribution in [0.1, 0.15) is 16.7 Å². The Bertz CT molecular complexity index is 1160. The third-order valence-electron chi connectivity index (χ3n) is 5.46. The van der Waals surface area contributed by atoms with Gasteiger partial charge in [0.05, 0.1) is 5.57 Å². The lowest BCUT2D eigenvalue weighted by atomic mass is 9.89. The van der Waals surface area contributed by atoms with Gasteiger partial charge in [0.2, 0.25) is 0 Å². The van der Waals surface area contributed by atoms with Crippen molar-refractivity contribution in [3.8, 4) is 17.2 Å². The van der Waals surface area contributed by atoms with Crippen LogP contribution in [0.5, 0.6) is 17.2 Å². The summed E-state index contributed by atoms with van der Waals surface area (Å²) in [5.74, 6) is 1.46. The van der Waals surface area contributed by atoms with Crippen LogP contribution in [-0.4, -0.2) is 66.1 Å². The number of hydrogen-bond donors (Lipinski definition) is 0. The van der Waals surface area contributed by atoms with Gasteiger partial charge in [0.15, 0.2) is 13.6 Å². The zero-order chi connectivity index (χ0) is 27.5. The predicted molar refractivity (Wildman–Crippen MR) is 140 cm³/mol. The fourth-order valence-electron chi connectivity index (χ4n) is 3.66. The molecule has 6 nitrogen and oxygen atoms in total. The fourth-order valence-corrected chi connectivity index (χ4v) is 3.66. The molecule has 0 radical (unpaired) electrons. The molecular formula is C29H32F3NO5. The monoisotopic (exact) mass is 531 g/mol. The molecule has 0 N–H and O–H groups in total. The minimum absolute atomic E-state index is 0.00304. The van der Waals surface area contributed by atoms with E-state index in [2.05, 4.69) is 0 Å². The van der Waals surface area contributed by atoms with Crippen LogP contribution in [0.25, 0.3) is 11.1 Å². The highest BCUT2D eigenvalue weighted by molar-refractivity contribution is 6.00. The van der Waals surface area contributed by atoms with E-state index in [1.807, 2.05) is 19.0 Å². The number of hydrogen-bond acceptors (Lipinski definition) is 6. The first kappa shape index (κ1) is 29.0. The highest BCUT2D eigenvalue weighted by Crippen LogP contribution is 2.43. The molecule has 38 heavy (non-hydrogen) atoms. The summed E-state index contributed by atoms with van der Waals surface area (Å²) in [7, 11) is 6.83. The van der Waals surface area contributed by atoms with Crippen LogP contribution in [-0.2, 0) is 9.47 Å². The van der Waals surface area contributed by atoms with E-state index >= 15 is 0 Å². The lowest BCUT2D eigenvalue weighted by Crippen LogP contribution is -2.19. The van der Waals surface area contributed by atoms with E-state index in [4.69, 9.17) is 23.7 Å². The molecule has 3 aromatic rings. The van der Waals surface area contributed by atoms with Gasteiger partial charge in [-0.1, -0.05) is 36.4 Å². The normalized spacial score (nSPS) is 12.3. The van der Waals surface area contributed by atoms with Crippen molar-refractivity contribution in [1.29, 1.82) is 0 Å². The molecule has 0 fully saturated rings. The number of allylic oxidation sites excluding steroid dienone is 1.